The number of carboxylic acids is 1. The fourth-order valence-corrected chi connectivity index (χ4v) is 8.50. The maximum absolute atomic E-state index is 10.6. The minimum absolute atomic E-state index is 0.114. The van der Waals surface area contributed by atoms with Crippen LogP contribution in [0.5, 0.6) is 0 Å². The first-order valence-corrected chi connectivity index (χ1v) is 12.3. The van der Waals surface area contributed by atoms with Gasteiger partial charge in [-0.05, 0) is 28.3 Å². The Kier molecular flexibility index (Phi) is 8.62. The molecule has 1 atom stereocenters. The summed E-state index contributed by atoms with van der Waals surface area (Å²) in [6.45, 7) is 6.94. The third kappa shape index (κ3) is 6.26. The highest BCUT2D eigenvalue weighted by Crippen LogP contribution is 2.36. The molecule has 0 fully saturated rings. The standard InChI is InChI=1S/C24H34O4Si/c1-24(2,3)29(21-14-8-5-9-15-21,22-16-10-6-11-17-22)28-19-20(25)13-7-4-12-18-23(26)27/h5-6,8-11,14-17,20,25H,4,7,12-13,18-19H2,1-3H3,(H,26,27)/t20-/m1/s1. The van der Waals surface area contributed by atoms with Crippen LogP contribution < -0.4 is 10.4 Å². The average Bonchev–Trinajstić information content (AvgIpc) is 2.68. The third-order valence-corrected chi connectivity index (χ3v) is 10.3. The zero-order chi connectivity index (χ0) is 21.3. The van der Waals surface area contributed by atoms with Crippen LogP contribution in [0.15, 0.2) is 60.7 Å². The van der Waals surface area contributed by atoms with E-state index in [2.05, 4.69) is 45.0 Å². The molecule has 0 amide bonds. The number of unbranched alkanes of at least 4 members (excludes halogenated alkanes) is 2. The van der Waals surface area contributed by atoms with E-state index >= 15 is 0 Å². The van der Waals surface area contributed by atoms with Crippen LogP contribution in [0.4, 0.5) is 0 Å². The Morgan fingerprint density at radius 1 is 0.931 bits per heavy atom. The summed E-state index contributed by atoms with van der Waals surface area (Å²) in [6, 6.07) is 20.8. The van der Waals surface area contributed by atoms with Gasteiger partial charge in [0.2, 0.25) is 0 Å². The number of aliphatic hydroxyl groups excluding tert-OH is 1. The number of rotatable bonds is 11. The van der Waals surface area contributed by atoms with E-state index in [9.17, 15) is 9.90 Å². The zero-order valence-corrected chi connectivity index (χ0v) is 18.8. The number of benzene rings is 2. The minimum Gasteiger partial charge on any atom is -0.481 e. The van der Waals surface area contributed by atoms with E-state index in [1.807, 2.05) is 36.4 Å². The monoisotopic (exact) mass is 414 g/mol. The summed E-state index contributed by atoms with van der Waals surface area (Å²) in [5, 5.41) is 21.6. The lowest BCUT2D eigenvalue weighted by molar-refractivity contribution is -0.137. The van der Waals surface area contributed by atoms with Gasteiger partial charge in [-0.3, -0.25) is 4.79 Å². The lowest BCUT2D eigenvalue weighted by atomic mass is 10.1. The predicted molar refractivity (Wildman–Crippen MR) is 120 cm³/mol. The Morgan fingerprint density at radius 3 is 1.90 bits per heavy atom. The molecule has 0 heterocycles. The van der Waals surface area contributed by atoms with Crippen molar-refractivity contribution in [2.75, 3.05) is 6.61 Å². The topological polar surface area (TPSA) is 66.8 Å². The molecule has 2 N–H and O–H groups in total. The van der Waals surface area contributed by atoms with Crippen LogP contribution in [0, 0.1) is 0 Å². The second kappa shape index (κ2) is 10.7. The molecule has 0 aromatic heterocycles. The smallest absolute Gasteiger partial charge is 0.303 e. The molecule has 0 saturated carbocycles. The first-order chi connectivity index (χ1) is 13.8. The quantitative estimate of drug-likeness (QED) is 0.431. The molecule has 0 aliphatic rings. The van der Waals surface area contributed by atoms with Gasteiger partial charge in [-0.25, -0.2) is 0 Å². The van der Waals surface area contributed by atoms with Crippen LogP contribution >= 0.6 is 0 Å². The number of aliphatic hydroxyl groups is 1. The molecule has 5 heteroatoms. The van der Waals surface area contributed by atoms with Gasteiger partial charge in [-0.1, -0.05) is 94.3 Å². The lowest BCUT2D eigenvalue weighted by Gasteiger charge is -2.43. The maximum atomic E-state index is 10.6. The second-order valence-corrected chi connectivity index (χ2v) is 12.9. The van der Waals surface area contributed by atoms with E-state index in [1.165, 1.54) is 10.4 Å². The van der Waals surface area contributed by atoms with Crippen molar-refractivity contribution < 1.29 is 19.4 Å². The molecule has 0 unspecified atom stereocenters. The molecule has 29 heavy (non-hydrogen) atoms. The van der Waals surface area contributed by atoms with E-state index in [0.717, 1.165) is 12.8 Å². The summed E-state index contributed by atoms with van der Waals surface area (Å²) in [4.78, 5) is 10.6. The summed E-state index contributed by atoms with van der Waals surface area (Å²) in [5.41, 5.74) is 0. The summed E-state index contributed by atoms with van der Waals surface area (Å²) < 4.78 is 6.72. The van der Waals surface area contributed by atoms with Gasteiger partial charge in [-0.2, -0.15) is 0 Å². The fraction of sp³-hybridized carbons (Fsp3) is 0.458. The Bertz CT molecular complexity index is 701. The summed E-state index contributed by atoms with van der Waals surface area (Å²) in [6.07, 6.45) is 2.52. The van der Waals surface area contributed by atoms with Gasteiger partial charge in [0.1, 0.15) is 0 Å². The first kappa shape index (κ1) is 23.3. The Morgan fingerprint density at radius 2 is 1.45 bits per heavy atom. The van der Waals surface area contributed by atoms with Gasteiger partial charge >= 0.3 is 5.97 Å². The van der Waals surface area contributed by atoms with Crippen molar-refractivity contribution in [3.8, 4) is 0 Å². The molecule has 0 saturated heterocycles. The van der Waals surface area contributed by atoms with Crippen LogP contribution in [0.1, 0.15) is 52.9 Å². The number of hydrogen-bond acceptors (Lipinski definition) is 3. The molecular formula is C24H34O4Si. The minimum atomic E-state index is -2.62. The van der Waals surface area contributed by atoms with Crippen LogP contribution in [-0.2, 0) is 9.22 Å². The molecule has 4 nitrogen and oxygen atoms in total. The van der Waals surface area contributed by atoms with Gasteiger partial charge in [0, 0.05) is 6.42 Å². The van der Waals surface area contributed by atoms with Gasteiger partial charge < -0.3 is 14.6 Å². The predicted octanol–water partition coefficient (Wildman–Crippen LogP) is 3.96. The Balaban J connectivity index is 2.17. The van der Waals surface area contributed by atoms with Crippen LogP contribution in [-0.4, -0.2) is 37.2 Å². The molecule has 0 spiro atoms. The van der Waals surface area contributed by atoms with Gasteiger partial charge in [0.25, 0.3) is 8.32 Å². The molecule has 158 valence electrons. The molecular weight excluding hydrogens is 380 g/mol. The Labute approximate surface area is 175 Å². The highest BCUT2D eigenvalue weighted by atomic mass is 28.4. The van der Waals surface area contributed by atoms with Crippen LogP contribution in [0.2, 0.25) is 5.04 Å². The molecule has 0 aliphatic heterocycles. The zero-order valence-electron chi connectivity index (χ0n) is 17.8. The molecule has 2 aromatic carbocycles. The second-order valence-electron chi connectivity index (χ2n) is 8.62. The van der Waals surface area contributed by atoms with Crippen molar-refractivity contribution in [2.24, 2.45) is 0 Å². The van der Waals surface area contributed by atoms with Gasteiger partial charge in [0.15, 0.2) is 0 Å². The normalized spacial score (nSPS) is 13.2. The van der Waals surface area contributed by atoms with Crippen LogP contribution in [0.3, 0.4) is 0 Å². The summed E-state index contributed by atoms with van der Waals surface area (Å²) in [7, 11) is -2.62. The van der Waals surface area contributed by atoms with E-state index < -0.39 is 20.4 Å². The van der Waals surface area contributed by atoms with Crippen molar-refractivity contribution in [3.63, 3.8) is 0 Å². The summed E-state index contributed by atoms with van der Waals surface area (Å²) in [5.74, 6) is -0.763. The number of aliphatic carboxylic acids is 1. The van der Waals surface area contributed by atoms with E-state index in [4.69, 9.17) is 9.53 Å². The van der Waals surface area contributed by atoms with E-state index in [-0.39, 0.29) is 18.1 Å². The molecule has 0 aliphatic carbocycles. The molecule has 2 rings (SSSR count). The van der Waals surface area contributed by atoms with E-state index in [1.54, 1.807) is 0 Å². The molecule has 0 bridgehead atoms. The Hall–Kier alpha value is -1.95. The largest absolute Gasteiger partial charge is 0.481 e. The van der Waals surface area contributed by atoms with Crippen molar-refractivity contribution in [1.29, 1.82) is 0 Å². The fourth-order valence-electron chi connectivity index (χ4n) is 3.90. The number of carbonyl (C=O) groups is 1. The highest BCUT2D eigenvalue weighted by Gasteiger charge is 2.50. The maximum Gasteiger partial charge on any atom is 0.303 e. The van der Waals surface area contributed by atoms with Gasteiger partial charge in [-0.15, -0.1) is 0 Å². The molecule has 2 aromatic rings. The van der Waals surface area contributed by atoms with Crippen molar-refractivity contribution in [1.82, 2.24) is 0 Å². The van der Waals surface area contributed by atoms with Crippen LogP contribution in [0.25, 0.3) is 0 Å². The van der Waals surface area contributed by atoms with Crippen molar-refractivity contribution in [2.45, 2.75) is 64.0 Å². The number of carboxylic acid groups (broad SMARTS) is 1. The lowest BCUT2D eigenvalue weighted by Crippen LogP contribution is -2.67. The summed E-state index contributed by atoms with van der Waals surface area (Å²) >= 11 is 0. The average molecular weight is 415 g/mol. The molecule has 0 radical (unpaired) electrons. The SMILES string of the molecule is CC(C)(C)[Si](OC[C@H](O)CCCCCC(=O)O)(c1ccccc1)c1ccccc1. The van der Waals surface area contributed by atoms with Gasteiger partial charge in [0.05, 0.1) is 12.7 Å². The van der Waals surface area contributed by atoms with E-state index in [0.29, 0.717) is 12.8 Å². The highest BCUT2D eigenvalue weighted by molar-refractivity contribution is 6.99. The van der Waals surface area contributed by atoms with Crippen molar-refractivity contribution in [3.05, 3.63) is 60.7 Å². The third-order valence-electron chi connectivity index (χ3n) is 5.34. The number of hydrogen-bond donors (Lipinski definition) is 2. The first-order valence-electron chi connectivity index (χ1n) is 10.4. The van der Waals surface area contributed by atoms with Crippen molar-refractivity contribution >= 4 is 24.7 Å².